The molecule has 0 aliphatic heterocycles. The number of aromatic hydroxyl groups is 1. The molecule has 0 heterocycles. The maximum absolute atomic E-state index is 13.2. The fraction of sp³-hybridized carbons (Fsp3) is 0.0769. The molecule has 2 N–H and O–H groups in total. The number of rotatable bonds is 4. The minimum absolute atomic E-state index is 0.0154. The molecular formula is C13H10ClFN2O3. The molecule has 0 radical (unpaired) electrons. The fourth-order valence-electron chi connectivity index (χ4n) is 1.68. The van der Waals surface area contributed by atoms with Crippen LogP contribution in [-0.2, 0) is 6.54 Å². The van der Waals surface area contributed by atoms with Gasteiger partial charge in [-0.15, -0.1) is 0 Å². The van der Waals surface area contributed by atoms with E-state index in [0.717, 1.165) is 12.1 Å². The van der Waals surface area contributed by atoms with Crippen LogP contribution in [0.15, 0.2) is 36.4 Å². The van der Waals surface area contributed by atoms with Crippen LogP contribution in [0.25, 0.3) is 0 Å². The van der Waals surface area contributed by atoms with Gasteiger partial charge in [-0.2, -0.15) is 4.39 Å². The number of hydrogen-bond donors (Lipinski definition) is 2. The number of halogens is 2. The summed E-state index contributed by atoms with van der Waals surface area (Å²) in [7, 11) is 0. The van der Waals surface area contributed by atoms with Gasteiger partial charge >= 0.3 is 5.69 Å². The van der Waals surface area contributed by atoms with Crippen molar-refractivity contribution in [1.29, 1.82) is 0 Å². The topological polar surface area (TPSA) is 75.4 Å². The third kappa shape index (κ3) is 2.97. The van der Waals surface area contributed by atoms with E-state index in [1.54, 1.807) is 12.1 Å². The lowest BCUT2D eigenvalue weighted by atomic mass is 10.2. The molecule has 0 spiro atoms. The third-order valence-corrected chi connectivity index (χ3v) is 3.06. The molecular weight excluding hydrogens is 287 g/mol. The molecule has 2 rings (SSSR count). The molecule has 0 aromatic heterocycles. The van der Waals surface area contributed by atoms with Gasteiger partial charge in [0.2, 0.25) is 5.82 Å². The molecule has 0 unspecified atom stereocenters. The summed E-state index contributed by atoms with van der Waals surface area (Å²) in [4.78, 5) is 9.83. The molecule has 2 aromatic rings. The van der Waals surface area contributed by atoms with Crippen LogP contribution >= 0.6 is 11.6 Å². The van der Waals surface area contributed by atoms with Crippen LogP contribution in [0.3, 0.4) is 0 Å². The van der Waals surface area contributed by atoms with Gasteiger partial charge in [0.05, 0.1) is 4.92 Å². The first kappa shape index (κ1) is 14.1. The Bertz CT molecular complexity index is 644. The zero-order valence-electron chi connectivity index (χ0n) is 10.1. The van der Waals surface area contributed by atoms with Crippen LogP contribution in [0, 0.1) is 15.9 Å². The van der Waals surface area contributed by atoms with E-state index in [1.807, 2.05) is 0 Å². The average molecular weight is 297 g/mol. The van der Waals surface area contributed by atoms with Crippen LogP contribution in [-0.4, -0.2) is 10.0 Å². The van der Waals surface area contributed by atoms with Crippen molar-refractivity contribution < 1.29 is 14.4 Å². The second-order valence-electron chi connectivity index (χ2n) is 4.01. The number of nitrogens with zero attached hydrogens (tertiary/aromatic N) is 1. The van der Waals surface area contributed by atoms with E-state index in [4.69, 9.17) is 11.6 Å². The van der Waals surface area contributed by atoms with Crippen LogP contribution in [0.2, 0.25) is 5.02 Å². The summed E-state index contributed by atoms with van der Waals surface area (Å²) >= 11 is 5.93. The van der Waals surface area contributed by atoms with E-state index in [9.17, 15) is 19.6 Å². The number of phenols is 1. The van der Waals surface area contributed by atoms with Crippen molar-refractivity contribution in [1.82, 2.24) is 0 Å². The standard InChI is InChI=1S/C13H10ClFN2O3/c14-10-2-1-3-13(18)9(10)7-16-8-4-5-11(15)12(6-8)17(19)20/h1-6,16,18H,7H2. The molecule has 0 bridgehead atoms. The van der Waals surface area contributed by atoms with Gasteiger partial charge in [-0.25, -0.2) is 0 Å². The first-order chi connectivity index (χ1) is 9.49. The molecule has 20 heavy (non-hydrogen) atoms. The van der Waals surface area contributed by atoms with Crippen molar-refractivity contribution in [3.8, 4) is 5.75 Å². The van der Waals surface area contributed by atoms with Crippen molar-refractivity contribution in [2.45, 2.75) is 6.54 Å². The quantitative estimate of drug-likeness (QED) is 0.666. The largest absolute Gasteiger partial charge is 0.508 e. The van der Waals surface area contributed by atoms with Gasteiger partial charge < -0.3 is 10.4 Å². The Morgan fingerprint density at radius 1 is 1.35 bits per heavy atom. The number of hydrogen-bond acceptors (Lipinski definition) is 4. The maximum Gasteiger partial charge on any atom is 0.306 e. The minimum atomic E-state index is -0.902. The van der Waals surface area contributed by atoms with Crippen LogP contribution < -0.4 is 5.32 Å². The van der Waals surface area contributed by atoms with E-state index in [0.29, 0.717) is 16.3 Å². The summed E-state index contributed by atoms with van der Waals surface area (Å²) in [5, 5.41) is 23.5. The van der Waals surface area contributed by atoms with E-state index in [1.165, 1.54) is 12.1 Å². The van der Waals surface area contributed by atoms with Crippen molar-refractivity contribution in [3.05, 3.63) is 62.9 Å². The molecule has 104 valence electrons. The van der Waals surface area contributed by atoms with E-state index in [2.05, 4.69) is 5.32 Å². The molecule has 0 saturated heterocycles. The lowest BCUT2D eigenvalue weighted by Crippen LogP contribution is -2.02. The zero-order chi connectivity index (χ0) is 14.7. The molecule has 0 fully saturated rings. The van der Waals surface area contributed by atoms with Gasteiger partial charge in [0.25, 0.3) is 0 Å². The van der Waals surface area contributed by atoms with Gasteiger partial charge in [-0.1, -0.05) is 17.7 Å². The van der Waals surface area contributed by atoms with Gasteiger partial charge in [0, 0.05) is 28.9 Å². The lowest BCUT2D eigenvalue weighted by molar-refractivity contribution is -0.387. The predicted molar refractivity (Wildman–Crippen MR) is 73.5 cm³/mol. The second-order valence-corrected chi connectivity index (χ2v) is 4.42. The molecule has 0 atom stereocenters. The van der Waals surface area contributed by atoms with Crippen LogP contribution in [0.5, 0.6) is 5.75 Å². The fourth-order valence-corrected chi connectivity index (χ4v) is 1.91. The van der Waals surface area contributed by atoms with Crippen molar-refractivity contribution in [3.63, 3.8) is 0 Å². The Balaban J connectivity index is 2.19. The Morgan fingerprint density at radius 2 is 2.10 bits per heavy atom. The highest BCUT2D eigenvalue weighted by atomic mass is 35.5. The van der Waals surface area contributed by atoms with Crippen molar-refractivity contribution in [2.75, 3.05) is 5.32 Å². The highest BCUT2D eigenvalue weighted by Crippen LogP contribution is 2.27. The molecule has 0 aliphatic rings. The summed E-state index contributed by atoms with van der Waals surface area (Å²) < 4.78 is 13.2. The predicted octanol–water partition coefficient (Wildman–Crippen LogP) is 3.71. The summed E-state index contributed by atoms with van der Waals surface area (Å²) in [5.41, 5.74) is 0.206. The summed E-state index contributed by atoms with van der Waals surface area (Å²) in [6.07, 6.45) is 0. The first-order valence-corrected chi connectivity index (χ1v) is 6.01. The Hall–Kier alpha value is -2.34. The van der Waals surface area contributed by atoms with Gasteiger partial charge in [-0.3, -0.25) is 10.1 Å². The van der Waals surface area contributed by atoms with E-state index in [-0.39, 0.29) is 12.3 Å². The number of nitrogens with one attached hydrogen (secondary N) is 1. The third-order valence-electron chi connectivity index (χ3n) is 2.71. The molecule has 0 saturated carbocycles. The van der Waals surface area contributed by atoms with Gasteiger partial charge in [0.1, 0.15) is 5.75 Å². The molecule has 7 heteroatoms. The van der Waals surface area contributed by atoms with Crippen LogP contribution in [0.4, 0.5) is 15.8 Å². The number of nitro groups is 1. The smallest absolute Gasteiger partial charge is 0.306 e. The number of nitro benzene ring substituents is 1. The molecule has 0 amide bonds. The highest BCUT2D eigenvalue weighted by Gasteiger charge is 2.14. The SMILES string of the molecule is O=[N+]([O-])c1cc(NCc2c(O)cccc2Cl)ccc1F. The van der Waals surface area contributed by atoms with Crippen molar-refractivity contribution >= 4 is 23.0 Å². The van der Waals surface area contributed by atoms with Gasteiger partial charge in [-0.05, 0) is 24.3 Å². The number of anilines is 1. The average Bonchev–Trinajstić information content (AvgIpc) is 2.39. The number of benzene rings is 2. The number of phenolic OH excluding ortho intramolecular Hbond substituents is 1. The summed E-state index contributed by atoms with van der Waals surface area (Å²) in [6, 6.07) is 8.16. The minimum Gasteiger partial charge on any atom is -0.508 e. The molecule has 5 nitrogen and oxygen atoms in total. The monoisotopic (exact) mass is 296 g/mol. The highest BCUT2D eigenvalue weighted by molar-refractivity contribution is 6.31. The van der Waals surface area contributed by atoms with Gasteiger partial charge in [0.15, 0.2) is 0 Å². The Labute approximate surface area is 118 Å². The first-order valence-electron chi connectivity index (χ1n) is 5.63. The maximum atomic E-state index is 13.2. The van der Waals surface area contributed by atoms with E-state index < -0.39 is 16.4 Å². The Morgan fingerprint density at radius 3 is 2.75 bits per heavy atom. The Kier molecular flexibility index (Phi) is 4.05. The molecule has 2 aromatic carbocycles. The lowest BCUT2D eigenvalue weighted by Gasteiger charge is -2.09. The van der Waals surface area contributed by atoms with E-state index >= 15 is 0 Å². The zero-order valence-corrected chi connectivity index (χ0v) is 10.9. The van der Waals surface area contributed by atoms with Crippen LogP contribution in [0.1, 0.15) is 5.56 Å². The van der Waals surface area contributed by atoms with Crippen molar-refractivity contribution in [2.24, 2.45) is 0 Å². The normalized spacial score (nSPS) is 10.3. The summed E-state index contributed by atoms with van der Waals surface area (Å²) in [6.45, 7) is 0.161. The molecule has 0 aliphatic carbocycles. The second kappa shape index (κ2) is 5.75. The summed E-state index contributed by atoms with van der Waals surface area (Å²) in [5.74, 6) is -0.886.